The van der Waals surface area contributed by atoms with E-state index in [2.05, 4.69) is 20.5 Å². The predicted octanol–water partition coefficient (Wildman–Crippen LogP) is 3.26. The molecule has 0 atom stereocenters. The number of thioether (sulfide) groups is 1. The number of halogens is 1. The van der Waals surface area contributed by atoms with Crippen molar-refractivity contribution in [3.05, 3.63) is 65.6 Å². The number of para-hydroxylation sites is 1. The van der Waals surface area contributed by atoms with E-state index in [0.29, 0.717) is 16.1 Å². The number of hydrogen-bond acceptors (Lipinski definition) is 5. The first kappa shape index (κ1) is 14.2. The number of tetrazole rings is 1. The maximum absolute atomic E-state index is 6.38. The molecule has 0 radical (unpaired) electrons. The molecule has 6 nitrogen and oxygen atoms in total. The van der Waals surface area contributed by atoms with Crippen molar-refractivity contribution < 1.29 is 0 Å². The van der Waals surface area contributed by atoms with Gasteiger partial charge in [-0.3, -0.25) is 4.40 Å². The van der Waals surface area contributed by atoms with E-state index in [1.807, 2.05) is 59.1 Å². The largest absolute Gasteiger partial charge is 0.290 e. The van der Waals surface area contributed by atoms with Crippen molar-refractivity contribution in [2.75, 3.05) is 0 Å². The van der Waals surface area contributed by atoms with E-state index in [-0.39, 0.29) is 0 Å². The van der Waals surface area contributed by atoms with Gasteiger partial charge in [-0.05, 0) is 34.7 Å². The van der Waals surface area contributed by atoms with Crippen LogP contribution in [0.3, 0.4) is 0 Å². The summed E-state index contributed by atoms with van der Waals surface area (Å²) < 4.78 is 3.56. The van der Waals surface area contributed by atoms with Gasteiger partial charge in [0.05, 0.1) is 11.4 Å². The molecule has 4 rings (SSSR count). The first-order chi connectivity index (χ1) is 11.3. The van der Waals surface area contributed by atoms with Gasteiger partial charge in [-0.25, -0.2) is 4.98 Å². The van der Waals surface area contributed by atoms with Crippen LogP contribution in [-0.4, -0.2) is 29.6 Å². The van der Waals surface area contributed by atoms with Crippen LogP contribution in [0.5, 0.6) is 0 Å². The molecule has 0 bridgehead atoms. The quantitative estimate of drug-likeness (QED) is 0.533. The van der Waals surface area contributed by atoms with Crippen molar-refractivity contribution in [3.8, 4) is 5.69 Å². The summed E-state index contributed by atoms with van der Waals surface area (Å²) in [6, 6.07) is 15.6. The maximum atomic E-state index is 6.38. The van der Waals surface area contributed by atoms with Crippen molar-refractivity contribution in [2.45, 2.75) is 10.9 Å². The average Bonchev–Trinajstić information content (AvgIpc) is 3.19. The number of pyridine rings is 1. The third-order valence-electron chi connectivity index (χ3n) is 3.32. The second kappa shape index (κ2) is 6.02. The van der Waals surface area contributed by atoms with Crippen molar-refractivity contribution in [3.63, 3.8) is 0 Å². The second-order valence-electron chi connectivity index (χ2n) is 4.78. The molecule has 0 saturated carbocycles. The number of imidazole rings is 1. The third-order valence-corrected chi connectivity index (χ3v) is 4.65. The molecule has 114 valence electrons. The third kappa shape index (κ3) is 2.69. The zero-order valence-corrected chi connectivity index (χ0v) is 13.4. The number of fused-ring (bicyclic) bond motifs is 1. The van der Waals surface area contributed by atoms with Crippen LogP contribution in [0.4, 0.5) is 0 Å². The van der Waals surface area contributed by atoms with Crippen molar-refractivity contribution in [2.24, 2.45) is 0 Å². The smallest absolute Gasteiger partial charge is 0.214 e. The van der Waals surface area contributed by atoms with Gasteiger partial charge >= 0.3 is 0 Å². The Morgan fingerprint density at radius 3 is 2.70 bits per heavy atom. The first-order valence-corrected chi connectivity index (χ1v) is 8.27. The normalized spacial score (nSPS) is 11.2. The fourth-order valence-electron chi connectivity index (χ4n) is 2.24. The van der Waals surface area contributed by atoms with Gasteiger partial charge in [0.25, 0.3) is 0 Å². The molecular formula is C15H11ClN6S. The molecule has 0 fully saturated rings. The minimum absolute atomic E-state index is 0.591. The average molecular weight is 343 g/mol. The Kier molecular flexibility index (Phi) is 3.72. The van der Waals surface area contributed by atoms with E-state index in [9.17, 15) is 0 Å². The van der Waals surface area contributed by atoms with Gasteiger partial charge in [-0.1, -0.05) is 47.6 Å². The maximum Gasteiger partial charge on any atom is 0.214 e. The monoisotopic (exact) mass is 342 g/mol. The molecule has 1 aromatic carbocycles. The van der Waals surface area contributed by atoms with E-state index >= 15 is 0 Å². The summed E-state index contributed by atoms with van der Waals surface area (Å²) in [4.78, 5) is 4.55. The number of nitrogens with zero attached hydrogens (tertiary/aromatic N) is 6. The summed E-state index contributed by atoms with van der Waals surface area (Å²) in [6.45, 7) is 0. The lowest BCUT2D eigenvalue weighted by molar-refractivity contribution is 0.756. The molecule has 0 spiro atoms. The summed E-state index contributed by atoms with van der Waals surface area (Å²) in [6.07, 6.45) is 1.90. The molecule has 8 heteroatoms. The minimum atomic E-state index is 0.591. The summed E-state index contributed by atoms with van der Waals surface area (Å²) >= 11 is 7.88. The lowest BCUT2D eigenvalue weighted by Crippen LogP contribution is -1.98. The number of rotatable bonds is 4. The summed E-state index contributed by atoms with van der Waals surface area (Å²) in [5.74, 6) is 0.591. The minimum Gasteiger partial charge on any atom is -0.290 e. The number of aromatic nitrogens is 6. The highest BCUT2D eigenvalue weighted by Gasteiger charge is 2.13. The van der Waals surface area contributed by atoms with Crippen molar-refractivity contribution >= 4 is 29.0 Å². The predicted molar refractivity (Wildman–Crippen MR) is 88.9 cm³/mol. The molecule has 0 N–H and O–H groups in total. The second-order valence-corrected chi connectivity index (χ2v) is 6.08. The Hall–Kier alpha value is -2.38. The van der Waals surface area contributed by atoms with E-state index in [1.54, 1.807) is 4.68 Å². The highest BCUT2D eigenvalue weighted by atomic mass is 35.5. The molecule has 0 aliphatic rings. The Bertz CT molecular complexity index is 949. The Balaban J connectivity index is 1.60. The summed E-state index contributed by atoms with van der Waals surface area (Å²) in [7, 11) is 0. The number of hydrogen-bond donors (Lipinski definition) is 0. The van der Waals surface area contributed by atoms with E-state index in [1.165, 1.54) is 11.8 Å². The summed E-state index contributed by atoms with van der Waals surface area (Å²) in [5, 5.41) is 13.2. The zero-order chi connectivity index (χ0) is 15.6. The van der Waals surface area contributed by atoms with Gasteiger partial charge < -0.3 is 0 Å². The molecule has 23 heavy (non-hydrogen) atoms. The Morgan fingerprint density at radius 2 is 1.87 bits per heavy atom. The van der Waals surface area contributed by atoms with Gasteiger partial charge in [0, 0.05) is 11.9 Å². The fourth-order valence-corrected chi connectivity index (χ4v) is 3.40. The van der Waals surface area contributed by atoms with Crippen LogP contribution in [0.15, 0.2) is 59.9 Å². The molecule has 0 aliphatic heterocycles. The zero-order valence-electron chi connectivity index (χ0n) is 11.9. The van der Waals surface area contributed by atoms with Crippen LogP contribution < -0.4 is 0 Å². The van der Waals surface area contributed by atoms with Gasteiger partial charge in [0.2, 0.25) is 5.16 Å². The summed E-state index contributed by atoms with van der Waals surface area (Å²) in [5.41, 5.74) is 2.56. The lowest BCUT2D eigenvalue weighted by Gasteiger charge is -2.03. The molecule has 4 aromatic rings. The van der Waals surface area contributed by atoms with Crippen LogP contribution in [0.2, 0.25) is 5.15 Å². The van der Waals surface area contributed by atoms with Crippen molar-refractivity contribution in [1.82, 2.24) is 29.6 Å². The fraction of sp³-hybridized carbons (Fsp3) is 0.0667. The molecule has 0 unspecified atom stereocenters. The Labute approximate surface area is 141 Å². The van der Waals surface area contributed by atoms with E-state index in [4.69, 9.17) is 11.6 Å². The molecular weight excluding hydrogens is 332 g/mol. The topological polar surface area (TPSA) is 60.9 Å². The van der Waals surface area contributed by atoms with Crippen LogP contribution >= 0.6 is 23.4 Å². The molecule has 0 saturated heterocycles. The molecule has 0 amide bonds. The highest BCUT2D eigenvalue weighted by Crippen LogP contribution is 2.26. The Morgan fingerprint density at radius 1 is 1.04 bits per heavy atom. The van der Waals surface area contributed by atoms with Gasteiger partial charge in [0.1, 0.15) is 10.8 Å². The van der Waals surface area contributed by atoms with Gasteiger partial charge in [0.15, 0.2) is 0 Å². The van der Waals surface area contributed by atoms with Crippen LogP contribution in [0.25, 0.3) is 11.3 Å². The van der Waals surface area contributed by atoms with E-state index in [0.717, 1.165) is 17.0 Å². The van der Waals surface area contributed by atoms with Crippen LogP contribution in [0.1, 0.15) is 5.69 Å². The SMILES string of the molecule is Clc1c(CSc2nnnn2-c2ccccc2)nc2ccccn12. The molecule has 0 aliphatic carbocycles. The van der Waals surface area contributed by atoms with Crippen molar-refractivity contribution in [1.29, 1.82) is 0 Å². The first-order valence-electron chi connectivity index (χ1n) is 6.91. The van der Waals surface area contributed by atoms with Gasteiger partial charge in [-0.2, -0.15) is 4.68 Å². The van der Waals surface area contributed by atoms with E-state index < -0.39 is 0 Å². The lowest BCUT2D eigenvalue weighted by atomic mass is 10.3. The number of benzene rings is 1. The van der Waals surface area contributed by atoms with Gasteiger partial charge in [-0.15, -0.1) is 5.10 Å². The van der Waals surface area contributed by atoms with Crippen LogP contribution in [0, 0.1) is 0 Å². The van der Waals surface area contributed by atoms with Crippen LogP contribution in [-0.2, 0) is 5.75 Å². The standard InChI is InChI=1S/C15H11ClN6S/c16-14-12(17-13-8-4-5-9-21(13)14)10-23-15-18-19-20-22(15)11-6-2-1-3-7-11/h1-9H,10H2. The molecule has 3 aromatic heterocycles. The molecule has 3 heterocycles. The highest BCUT2D eigenvalue weighted by molar-refractivity contribution is 7.98.